The van der Waals surface area contributed by atoms with E-state index in [4.69, 9.17) is 4.74 Å². The standard InChI is InChI=1S/C26H28BrNO2P.BrH/c27-31(23-10-3-1-4-11-23,24-12-5-2-6-13-24)25-16-14-22(15-17-25)9-7-8-18-28-19-20-30-26(29)21-28;/h1-6,10-17H,7-9,18-21H2;1H/q+1;. The number of nitrogens with zero attached hydrogens (tertiary/aromatic N) is 1. The summed E-state index contributed by atoms with van der Waals surface area (Å²) in [6.07, 6.45) is 3.28. The predicted molar refractivity (Wildman–Crippen MR) is 145 cm³/mol. The molecule has 0 radical (unpaired) electrons. The SMILES string of the molecule is Br.O=C1CN(CCCCc2ccc([P+](Br)(c3ccccc3)c3ccccc3)cc2)CCO1. The molecule has 4 rings (SSSR count). The molecule has 168 valence electrons. The highest BCUT2D eigenvalue weighted by Gasteiger charge is 2.43. The lowest BCUT2D eigenvalue weighted by Crippen LogP contribution is -2.40. The largest absolute Gasteiger partial charge is 0.463 e. The van der Waals surface area contributed by atoms with E-state index in [-0.39, 0.29) is 23.0 Å². The van der Waals surface area contributed by atoms with Crippen molar-refractivity contribution >= 4 is 60.3 Å². The van der Waals surface area contributed by atoms with Crippen molar-refractivity contribution in [3.8, 4) is 0 Å². The summed E-state index contributed by atoms with van der Waals surface area (Å²) in [5.74, 6) is -1.94. The van der Waals surface area contributed by atoms with E-state index in [2.05, 4.69) is 105 Å². The number of benzene rings is 3. The lowest BCUT2D eigenvalue weighted by molar-refractivity contribution is -0.150. The maximum absolute atomic E-state index is 11.4. The van der Waals surface area contributed by atoms with Crippen molar-refractivity contribution in [1.29, 1.82) is 0 Å². The van der Waals surface area contributed by atoms with Crippen molar-refractivity contribution < 1.29 is 9.53 Å². The number of carbonyl (C=O) groups excluding carboxylic acids is 1. The third-order valence-electron chi connectivity index (χ3n) is 5.73. The second-order valence-electron chi connectivity index (χ2n) is 7.88. The summed E-state index contributed by atoms with van der Waals surface area (Å²) in [7, 11) is 0. The molecule has 1 aliphatic rings. The predicted octanol–water partition coefficient (Wildman–Crippen LogP) is 5.05. The Kier molecular flexibility index (Phi) is 9.48. The fraction of sp³-hybridized carbons (Fsp3) is 0.269. The van der Waals surface area contributed by atoms with E-state index >= 15 is 0 Å². The zero-order valence-electron chi connectivity index (χ0n) is 18.0. The molecule has 0 unspecified atom stereocenters. The Balaban J connectivity index is 0.00000289. The van der Waals surface area contributed by atoms with Crippen LogP contribution in [0.5, 0.6) is 0 Å². The Bertz CT molecular complexity index is 944. The first-order valence-electron chi connectivity index (χ1n) is 10.8. The molecule has 3 aromatic rings. The molecule has 1 aliphatic heterocycles. The number of hydrogen-bond donors (Lipinski definition) is 0. The molecule has 32 heavy (non-hydrogen) atoms. The van der Waals surface area contributed by atoms with Gasteiger partial charge in [0, 0.05) is 6.54 Å². The summed E-state index contributed by atoms with van der Waals surface area (Å²) in [6, 6.07) is 30.6. The molecule has 0 aromatic heterocycles. The Morgan fingerprint density at radius 1 is 0.812 bits per heavy atom. The highest BCUT2D eigenvalue weighted by atomic mass is 79.9. The Morgan fingerprint density at radius 3 is 1.94 bits per heavy atom. The van der Waals surface area contributed by atoms with Gasteiger partial charge in [0.15, 0.2) is 21.5 Å². The fourth-order valence-corrected chi connectivity index (χ4v) is 8.78. The number of aryl methyl sites for hydroxylation is 1. The fourth-order valence-electron chi connectivity index (χ4n) is 4.03. The van der Waals surface area contributed by atoms with E-state index in [1.54, 1.807) is 0 Å². The zero-order chi connectivity index (χ0) is 21.5. The minimum Gasteiger partial charge on any atom is -0.463 e. The number of unbranched alkanes of at least 4 members (excludes halogenated alkanes) is 1. The van der Waals surface area contributed by atoms with Crippen LogP contribution < -0.4 is 15.9 Å². The average Bonchev–Trinajstić information content (AvgIpc) is 2.83. The van der Waals surface area contributed by atoms with Gasteiger partial charge in [0.25, 0.3) is 0 Å². The van der Waals surface area contributed by atoms with Gasteiger partial charge in [-0.15, -0.1) is 17.0 Å². The Morgan fingerprint density at radius 2 is 1.38 bits per heavy atom. The van der Waals surface area contributed by atoms with E-state index in [0.29, 0.717) is 13.2 Å². The first-order chi connectivity index (χ1) is 15.2. The summed E-state index contributed by atoms with van der Waals surface area (Å²) >= 11 is 4.22. The summed E-state index contributed by atoms with van der Waals surface area (Å²) < 4.78 is 5.00. The summed E-state index contributed by atoms with van der Waals surface area (Å²) in [5.41, 5.74) is 1.36. The molecule has 0 N–H and O–H groups in total. The van der Waals surface area contributed by atoms with Crippen LogP contribution >= 0.6 is 38.4 Å². The number of ether oxygens (including phenoxy) is 1. The van der Waals surface area contributed by atoms with Crippen molar-refractivity contribution in [1.82, 2.24) is 4.90 Å². The number of esters is 1. The summed E-state index contributed by atoms with van der Waals surface area (Å²) in [5, 5.41) is 3.99. The Hall–Kier alpha value is -1.52. The molecule has 0 atom stereocenters. The van der Waals surface area contributed by atoms with Gasteiger partial charge in [0.05, 0.1) is 6.54 Å². The smallest absolute Gasteiger partial charge is 0.320 e. The molecular weight excluding hydrogens is 549 g/mol. The molecule has 0 saturated carbocycles. The average molecular weight is 578 g/mol. The van der Waals surface area contributed by atoms with Crippen molar-refractivity contribution in [3.05, 3.63) is 90.5 Å². The molecule has 0 amide bonds. The third kappa shape index (κ3) is 6.08. The van der Waals surface area contributed by atoms with Gasteiger partial charge in [-0.1, -0.05) is 48.5 Å². The van der Waals surface area contributed by atoms with Crippen LogP contribution in [0, 0.1) is 0 Å². The van der Waals surface area contributed by atoms with Gasteiger partial charge in [-0.2, -0.15) is 0 Å². The first-order valence-corrected chi connectivity index (χ1v) is 14.6. The second-order valence-corrected chi connectivity index (χ2v) is 13.8. The van der Waals surface area contributed by atoms with Gasteiger partial charge < -0.3 is 4.74 Å². The normalized spacial score (nSPS) is 14.5. The third-order valence-corrected chi connectivity index (χ3v) is 12.4. The van der Waals surface area contributed by atoms with Crippen LogP contribution in [-0.2, 0) is 16.0 Å². The van der Waals surface area contributed by atoms with Crippen LogP contribution in [0.1, 0.15) is 18.4 Å². The highest BCUT2D eigenvalue weighted by Crippen LogP contribution is 2.62. The maximum Gasteiger partial charge on any atom is 0.320 e. The number of carbonyl (C=O) groups is 1. The zero-order valence-corrected chi connectivity index (χ0v) is 22.2. The number of halogens is 2. The molecule has 6 heteroatoms. The van der Waals surface area contributed by atoms with Crippen molar-refractivity contribution in [2.75, 3.05) is 26.2 Å². The van der Waals surface area contributed by atoms with Crippen LogP contribution in [-0.4, -0.2) is 37.1 Å². The van der Waals surface area contributed by atoms with Gasteiger partial charge in [0.1, 0.15) is 22.5 Å². The van der Waals surface area contributed by atoms with Crippen LogP contribution in [0.2, 0.25) is 0 Å². The van der Waals surface area contributed by atoms with Gasteiger partial charge in [0.2, 0.25) is 0 Å². The number of rotatable bonds is 8. The number of cyclic esters (lactones) is 1. The minimum absolute atomic E-state index is 0. The Labute approximate surface area is 210 Å². The minimum atomic E-state index is -1.84. The topological polar surface area (TPSA) is 29.5 Å². The molecule has 1 saturated heterocycles. The van der Waals surface area contributed by atoms with Gasteiger partial charge >= 0.3 is 5.97 Å². The van der Waals surface area contributed by atoms with E-state index in [0.717, 1.165) is 32.4 Å². The summed E-state index contributed by atoms with van der Waals surface area (Å²) in [4.78, 5) is 13.6. The molecule has 3 aromatic carbocycles. The van der Waals surface area contributed by atoms with Crippen molar-refractivity contribution in [2.45, 2.75) is 19.3 Å². The van der Waals surface area contributed by atoms with E-state index in [1.165, 1.54) is 21.5 Å². The molecular formula is C26H29Br2NO2P+. The van der Waals surface area contributed by atoms with Crippen molar-refractivity contribution in [3.63, 3.8) is 0 Å². The lowest BCUT2D eigenvalue weighted by Gasteiger charge is -2.25. The maximum atomic E-state index is 11.4. The first kappa shape index (κ1) is 25.1. The van der Waals surface area contributed by atoms with E-state index < -0.39 is 5.96 Å². The second kappa shape index (κ2) is 12.1. The van der Waals surface area contributed by atoms with Crippen LogP contribution in [0.15, 0.2) is 84.9 Å². The molecule has 3 nitrogen and oxygen atoms in total. The summed E-state index contributed by atoms with van der Waals surface area (Å²) in [6.45, 7) is 2.78. The van der Waals surface area contributed by atoms with Crippen LogP contribution in [0.25, 0.3) is 0 Å². The highest BCUT2D eigenvalue weighted by molar-refractivity contribution is 9.44. The van der Waals surface area contributed by atoms with Crippen LogP contribution in [0.3, 0.4) is 0 Å². The van der Waals surface area contributed by atoms with E-state index in [9.17, 15) is 4.79 Å². The monoisotopic (exact) mass is 576 g/mol. The molecule has 1 fully saturated rings. The lowest BCUT2D eigenvalue weighted by atomic mass is 10.1. The van der Waals surface area contributed by atoms with Crippen molar-refractivity contribution in [2.24, 2.45) is 0 Å². The van der Waals surface area contributed by atoms with Gasteiger partial charge in [-0.25, -0.2) is 0 Å². The van der Waals surface area contributed by atoms with Crippen LogP contribution in [0.4, 0.5) is 0 Å². The number of morpholine rings is 1. The quantitative estimate of drug-likeness (QED) is 0.213. The molecule has 0 bridgehead atoms. The molecule has 1 heterocycles. The van der Waals surface area contributed by atoms with Gasteiger partial charge in [-0.05, 0) is 67.8 Å². The number of hydrogen-bond acceptors (Lipinski definition) is 3. The molecule has 0 spiro atoms. The van der Waals surface area contributed by atoms with E-state index in [1.807, 2.05) is 0 Å². The molecule has 0 aliphatic carbocycles. The van der Waals surface area contributed by atoms with Gasteiger partial charge in [-0.3, -0.25) is 9.69 Å².